The molecule has 0 unspecified atom stereocenters. The van der Waals surface area contributed by atoms with E-state index in [-0.39, 0.29) is 5.54 Å². The first-order valence-electron chi connectivity index (χ1n) is 15.5. The highest BCUT2D eigenvalue weighted by Crippen LogP contribution is 2.57. The topological polar surface area (TPSA) is 21.2 Å². The van der Waals surface area contributed by atoms with Crippen LogP contribution in [0.1, 0.15) is 82.1 Å². The minimum atomic E-state index is 0.162. The number of benzene rings is 3. The molecular formula is C36H37N3. The van der Waals surface area contributed by atoms with Gasteiger partial charge in [-0.1, -0.05) is 79.9 Å². The van der Waals surface area contributed by atoms with E-state index in [0.29, 0.717) is 5.92 Å². The van der Waals surface area contributed by atoms with Gasteiger partial charge in [-0.05, 0) is 114 Å². The molecular weight excluding hydrogens is 474 g/mol. The van der Waals surface area contributed by atoms with Crippen LogP contribution in [0.25, 0.3) is 38.4 Å². The van der Waals surface area contributed by atoms with Gasteiger partial charge in [0.05, 0.1) is 0 Å². The van der Waals surface area contributed by atoms with E-state index in [2.05, 4.69) is 82.1 Å². The average molecular weight is 512 g/mol. The SMILES string of the molecule is [c-]1n2c(-c3c(C4CCCCC4)ccc4ccccc34)c3ccccc3cc2n[n+]1C12CC3CC(CC(C3)C1)C2. The zero-order chi connectivity index (χ0) is 25.6. The van der Waals surface area contributed by atoms with Gasteiger partial charge in [-0.15, -0.1) is 5.10 Å². The second-order valence-electron chi connectivity index (χ2n) is 13.5. The van der Waals surface area contributed by atoms with Crippen molar-refractivity contribution in [3.05, 3.63) is 78.6 Å². The fourth-order valence-electron chi connectivity index (χ4n) is 9.76. The van der Waals surface area contributed by atoms with Gasteiger partial charge in [0.15, 0.2) is 5.65 Å². The Kier molecular flexibility index (Phi) is 4.87. The fourth-order valence-corrected chi connectivity index (χ4v) is 9.76. The van der Waals surface area contributed by atoms with Gasteiger partial charge in [-0.2, -0.15) is 4.68 Å². The maximum absolute atomic E-state index is 5.39. The molecule has 3 aromatic carbocycles. The van der Waals surface area contributed by atoms with Crippen LogP contribution in [-0.2, 0) is 5.54 Å². The van der Waals surface area contributed by atoms with Crippen LogP contribution in [0.5, 0.6) is 0 Å². The first kappa shape index (κ1) is 22.6. The van der Waals surface area contributed by atoms with Crippen molar-refractivity contribution in [2.45, 2.75) is 82.1 Å². The van der Waals surface area contributed by atoms with Gasteiger partial charge in [0.25, 0.3) is 0 Å². The van der Waals surface area contributed by atoms with E-state index in [1.54, 1.807) is 0 Å². The molecule has 5 aliphatic rings. The Morgan fingerprint density at radius 3 is 2.15 bits per heavy atom. The van der Waals surface area contributed by atoms with Crippen LogP contribution >= 0.6 is 0 Å². The van der Waals surface area contributed by atoms with E-state index >= 15 is 0 Å². The molecule has 2 heterocycles. The summed E-state index contributed by atoms with van der Waals surface area (Å²) < 4.78 is 4.69. The first-order valence-corrected chi connectivity index (χ1v) is 15.5. The summed E-state index contributed by atoms with van der Waals surface area (Å²) in [4.78, 5) is 0. The molecule has 39 heavy (non-hydrogen) atoms. The van der Waals surface area contributed by atoms with E-state index in [9.17, 15) is 0 Å². The van der Waals surface area contributed by atoms with Crippen LogP contribution in [0.3, 0.4) is 0 Å². The lowest BCUT2D eigenvalue weighted by molar-refractivity contribution is -0.825. The van der Waals surface area contributed by atoms with Crippen LogP contribution in [0.15, 0.2) is 66.7 Å². The third-order valence-corrected chi connectivity index (χ3v) is 11.0. The molecule has 5 fully saturated rings. The van der Waals surface area contributed by atoms with E-state index in [1.165, 1.54) is 109 Å². The summed E-state index contributed by atoms with van der Waals surface area (Å²) in [6, 6.07) is 25.1. The quantitative estimate of drug-likeness (QED) is 0.176. The molecule has 5 saturated carbocycles. The molecule has 5 aliphatic carbocycles. The maximum Gasteiger partial charge on any atom is 0.235 e. The number of fused-ring (bicyclic) bond motifs is 3. The molecule has 4 bridgehead atoms. The molecule has 0 saturated heterocycles. The lowest BCUT2D eigenvalue weighted by atomic mass is 9.53. The minimum Gasteiger partial charge on any atom is -0.336 e. The molecule has 0 spiro atoms. The summed E-state index contributed by atoms with van der Waals surface area (Å²) in [5.74, 6) is 3.27. The van der Waals surface area contributed by atoms with E-state index < -0.39 is 0 Å². The van der Waals surface area contributed by atoms with Crippen molar-refractivity contribution in [3.8, 4) is 11.3 Å². The molecule has 5 aromatic rings. The lowest BCUT2D eigenvalue weighted by Gasteiger charge is -2.54. The Hall–Kier alpha value is -3.20. The van der Waals surface area contributed by atoms with Crippen molar-refractivity contribution in [2.75, 3.05) is 0 Å². The van der Waals surface area contributed by atoms with E-state index in [1.807, 2.05) is 0 Å². The third-order valence-electron chi connectivity index (χ3n) is 11.0. The largest absolute Gasteiger partial charge is 0.336 e. The van der Waals surface area contributed by atoms with Gasteiger partial charge in [-0.3, -0.25) is 0 Å². The van der Waals surface area contributed by atoms with Crippen molar-refractivity contribution >= 4 is 27.2 Å². The molecule has 3 heteroatoms. The molecule has 0 amide bonds. The standard InChI is InChI=1S/C36H37N3/c1-2-8-27(9-3-1)31-15-14-28-10-4-6-12-30(28)34(31)35-32-13-7-5-11-29(32)19-33-37-39(23-38(33)35)36-20-24-16-25(21-36)18-26(17-24)22-36/h4-7,10-15,19,24-27H,1-3,8-9,16-18,20-22H2. The summed E-state index contributed by atoms with van der Waals surface area (Å²) in [5.41, 5.74) is 5.43. The highest BCUT2D eigenvalue weighted by Gasteiger charge is 2.54. The minimum absolute atomic E-state index is 0.162. The predicted octanol–water partition coefficient (Wildman–Crippen LogP) is 8.37. The Labute approximate surface area is 230 Å². The Balaban J connectivity index is 1.34. The summed E-state index contributed by atoms with van der Waals surface area (Å²) in [6.45, 7) is 0. The van der Waals surface area contributed by atoms with Gasteiger partial charge in [0, 0.05) is 5.69 Å². The van der Waals surface area contributed by atoms with Gasteiger partial charge in [0.1, 0.15) is 5.54 Å². The van der Waals surface area contributed by atoms with Crippen molar-refractivity contribution in [3.63, 3.8) is 0 Å². The van der Waals surface area contributed by atoms with Crippen LogP contribution in [0.2, 0.25) is 0 Å². The first-order chi connectivity index (χ1) is 19.2. The van der Waals surface area contributed by atoms with Crippen molar-refractivity contribution < 1.29 is 4.68 Å². The Bertz CT molecular complexity index is 1700. The molecule has 0 atom stereocenters. The Morgan fingerprint density at radius 2 is 1.41 bits per heavy atom. The van der Waals surface area contributed by atoms with Crippen molar-refractivity contribution in [1.82, 2.24) is 9.50 Å². The zero-order valence-electron chi connectivity index (χ0n) is 22.8. The van der Waals surface area contributed by atoms with Crippen LogP contribution in [-0.4, -0.2) is 9.50 Å². The number of pyridine rings is 1. The summed E-state index contributed by atoms with van der Waals surface area (Å²) in [7, 11) is 0. The normalized spacial score (nSPS) is 28.7. The average Bonchev–Trinajstić information content (AvgIpc) is 3.40. The molecule has 0 N–H and O–H groups in total. The third kappa shape index (κ3) is 3.41. The zero-order valence-corrected chi connectivity index (χ0v) is 22.8. The number of aromatic nitrogens is 3. The number of rotatable bonds is 3. The highest BCUT2D eigenvalue weighted by molar-refractivity contribution is 6.06. The number of hydrogen-bond acceptors (Lipinski definition) is 1. The smallest absolute Gasteiger partial charge is 0.235 e. The van der Waals surface area contributed by atoms with E-state index in [0.717, 1.165) is 23.4 Å². The van der Waals surface area contributed by atoms with Gasteiger partial charge in [0.2, 0.25) is 6.33 Å². The highest BCUT2D eigenvalue weighted by atomic mass is 15.4. The second-order valence-corrected chi connectivity index (χ2v) is 13.5. The van der Waals surface area contributed by atoms with E-state index in [4.69, 9.17) is 5.10 Å². The van der Waals surface area contributed by atoms with Crippen molar-refractivity contribution in [2.24, 2.45) is 17.8 Å². The van der Waals surface area contributed by atoms with Crippen LogP contribution in [0.4, 0.5) is 0 Å². The molecule has 0 radical (unpaired) electrons. The summed E-state index contributed by atoms with van der Waals surface area (Å²) >= 11 is 0. The summed E-state index contributed by atoms with van der Waals surface area (Å²) in [5, 5.41) is 10.7. The second kappa shape index (κ2) is 8.40. The number of hydrogen-bond donors (Lipinski definition) is 0. The molecule has 0 aliphatic heterocycles. The lowest BCUT2D eigenvalue weighted by Crippen LogP contribution is -2.65. The molecule has 3 nitrogen and oxygen atoms in total. The fraction of sp³-hybridized carbons (Fsp3) is 0.444. The monoisotopic (exact) mass is 511 g/mol. The molecule has 10 rings (SSSR count). The van der Waals surface area contributed by atoms with Gasteiger partial charge < -0.3 is 4.40 Å². The number of nitrogens with zero attached hydrogens (tertiary/aromatic N) is 3. The predicted molar refractivity (Wildman–Crippen MR) is 157 cm³/mol. The maximum atomic E-state index is 5.39. The van der Waals surface area contributed by atoms with Crippen molar-refractivity contribution in [1.29, 1.82) is 0 Å². The Morgan fingerprint density at radius 1 is 0.744 bits per heavy atom. The van der Waals surface area contributed by atoms with Gasteiger partial charge >= 0.3 is 0 Å². The summed E-state index contributed by atoms with van der Waals surface area (Å²) in [6.07, 6.45) is 18.8. The van der Waals surface area contributed by atoms with Gasteiger partial charge in [-0.25, -0.2) is 0 Å². The molecule has 196 valence electrons. The molecule has 2 aromatic heterocycles. The van der Waals surface area contributed by atoms with Crippen LogP contribution < -0.4 is 4.68 Å². The van der Waals surface area contributed by atoms with Crippen LogP contribution in [0, 0.1) is 24.1 Å².